The monoisotopic (exact) mass is 295 g/mol. The second kappa shape index (κ2) is 4.68. The van der Waals surface area contributed by atoms with Crippen molar-refractivity contribution in [3.8, 4) is 5.75 Å². The SMILES string of the molecule is Cl.NC1(COc2c(F)cccc2Br)CC1. The molecule has 0 saturated heterocycles. The van der Waals surface area contributed by atoms with Gasteiger partial charge in [0.15, 0.2) is 11.6 Å². The molecule has 1 saturated carbocycles. The Hall–Kier alpha value is -0.320. The van der Waals surface area contributed by atoms with Crippen LogP contribution in [0.5, 0.6) is 5.75 Å². The second-order valence-corrected chi connectivity index (χ2v) is 4.56. The molecule has 15 heavy (non-hydrogen) atoms. The van der Waals surface area contributed by atoms with Crippen LogP contribution in [0.15, 0.2) is 22.7 Å². The van der Waals surface area contributed by atoms with E-state index in [1.807, 2.05) is 0 Å². The molecular formula is C10H12BrClFNO. The fourth-order valence-corrected chi connectivity index (χ4v) is 1.60. The van der Waals surface area contributed by atoms with Gasteiger partial charge in [-0.1, -0.05) is 6.07 Å². The molecule has 2 rings (SSSR count). The Morgan fingerprint density at radius 1 is 1.47 bits per heavy atom. The summed E-state index contributed by atoms with van der Waals surface area (Å²) in [7, 11) is 0. The molecule has 1 aliphatic carbocycles. The van der Waals surface area contributed by atoms with Crippen molar-refractivity contribution in [3.63, 3.8) is 0 Å². The van der Waals surface area contributed by atoms with Crippen molar-refractivity contribution in [3.05, 3.63) is 28.5 Å². The zero-order chi connectivity index (χ0) is 10.2. The third kappa shape index (κ3) is 3.06. The molecule has 1 aromatic rings. The summed E-state index contributed by atoms with van der Waals surface area (Å²) < 4.78 is 19.2. The Kier molecular flexibility index (Phi) is 3.98. The van der Waals surface area contributed by atoms with E-state index in [4.69, 9.17) is 10.5 Å². The minimum Gasteiger partial charge on any atom is -0.487 e. The molecule has 0 amide bonds. The quantitative estimate of drug-likeness (QED) is 0.931. The molecule has 2 N–H and O–H groups in total. The van der Waals surface area contributed by atoms with Crippen LogP contribution in [0.2, 0.25) is 0 Å². The molecule has 1 aromatic carbocycles. The summed E-state index contributed by atoms with van der Waals surface area (Å²) in [5, 5.41) is 0. The topological polar surface area (TPSA) is 35.2 Å². The van der Waals surface area contributed by atoms with E-state index in [0.717, 1.165) is 12.8 Å². The van der Waals surface area contributed by atoms with E-state index in [9.17, 15) is 4.39 Å². The average Bonchev–Trinajstić information content (AvgIpc) is 2.83. The number of hydrogen-bond acceptors (Lipinski definition) is 2. The van der Waals surface area contributed by atoms with Crippen molar-refractivity contribution < 1.29 is 9.13 Å². The minimum absolute atomic E-state index is 0. The van der Waals surface area contributed by atoms with Crippen LogP contribution in [0.1, 0.15) is 12.8 Å². The van der Waals surface area contributed by atoms with Gasteiger partial charge in [-0.25, -0.2) is 4.39 Å². The van der Waals surface area contributed by atoms with Crippen LogP contribution in [0, 0.1) is 5.82 Å². The Morgan fingerprint density at radius 3 is 2.67 bits per heavy atom. The molecule has 0 unspecified atom stereocenters. The fraction of sp³-hybridized carbons (Fsp3) is 0.400. The van der Waals surface area contributed by atoms with Gasteiger partial charge in [0.25, 0.3) is 0 Å². The predicted octanol–water partition coefficient (Wildman–Crippen LogP) is 2.88. The maximum absolute atomic E-state index is 13.3. The number of ether oxygens (including phenoxy) is 1. The van der Waals surface area contributed by atoms with Crippen LogP contribution in [-0.4, -0.2) is 12.1 Å². The van der Waals surface area contributed by atoms with E-state index in [-0.39, 0.29) is 29.5 Å². The fourth-order valence-electron chi connectivity index (χ4n) is 1.14. The summed E-state index contributed by atoms with van der Waals surface area (Å²) in [6.45, 7) is 0.381. The number of nitrogens with two attached hydrogens (primary N) is 1. The van der Waals surface area contributed by atoms with Gasteiger partial charge in [0.2, 0.25) is 0 Å². The predicted molar refractivity (Wildman–Crippen MR) is 63.0 cm³/mol. The maximum atomic E-state index is 13.3. The highest BCUT2D eigenvalue weighted by atomic mass is 79.9. The molecule has 0 aliphatic heterocycles. The van der Waals surface area contributed by atoms with E-state index >= 15 is 0 Å². The number of para-hydroxylation sites is 1. The zero-order valence-corrected chi connectivity index (χ0v) is 10.4. The Labute approximate surface area is 103 Å². The molecule has 1 aliphatic rings. The third-order valence-electron chi connectivity index (χ3n) is 2.32. The lowest BCUT2D eigenvalue weighted by Crippen LogP contribution is -2.30. The molecule has 2 nitrogen and oxygen atoms in total. The molecule has 5 heteroatoms. The van der Waals surface area contributed by atoms with E-state index in [2.05, 4.69) is 15.9 Å². The van der Waals surface area contributed by atoms with Crippen LogP contribution >= 0.6 is 28.3 Å². The molecule has 0 aromatic heterocycles. The largest absolute Gasteiger partial charge is 0.487 e. The lowest BCUT2D eigenvalue weighted by Gasteiger charge is -2.12. The molecule has 0 heterocycles. The second-order valence-electron chi connectivity index (χ2n) is 3.70. The lowest BCUT2D eigenvalue weighted by molar-refractivity contribution is 0.265. The van der Waals surface area contributed by atoms with Crippen molar-refractivity contribution in [2.24, 2.45) is 5.73 Å². The van der Waals surface area contributed by atoms with Gasteiger partial charge in [0.05, 0.1) is 10.0 Å². The molecular weight excluding hydrogens is 284 g/mol. The Bertz CT molecular complexity index is 337. The number of rotatable bonds is 3. The first-order valence-electron chi connectivity index (χ1n) is 4.46. The normalized spacial score (nSPS) is 16.7. The number of benzene rings is 1. The first kappa shape index (κ1) is 12.7. The standard InChI is InChI=1S/C10H11BrFNO.ClH/c11-7-2-1-3-8(12)9(7)14-6-10(13)4-5-10;/h1-3H,4-6,13H2;1H. The molecule has 1 fully saturated rings. The molecule has 0 bridgehead atoms. The number of hydrogen-bond donors (Lipinski definition) is 1. The highest BCUT2D eigenvalue weighted by Gasteiger charge is 2.39. The summed E-state index contributed by atoms with van der Waals surface area (Å²) in [6, 6.07) is 4.74. The Morgan fingerprint density at radius 2 is 2.13 bits per heavy atom. The van der Waals surface area contributed by atoms with E-state index in [0.29, 0.717) is 11.1 Å². The van der Waals surface area contributed by atoms with Crippen molar-refractivity contribution in [1.29, 1.82) is 0 Å². The Balaban J connectivity index is 0.00000112. The van der Waals surface area contributed by atoms with Crippen molar-refractivity contribution >= 4 is 28.3 Å². The van der Waals surface area contributed by atoms with Crippen molar-refractivity contribution in [2.45, 2.75) is 18.4 Å². The third-order valence-corrected chi connectivity index (χ3v) is 2.94. The minimum atomic E-state index is -0.358. The summed E-state index contributed by atoms with van der Waals surface area (Å²) in [5.41, 5.74) is 5.61. The summed E-state index contributed by atoms with van der Waals surface area (Å²) in [5.74, 6) is -0.104. The summed E-state index contributed by atoms with van der Waals surface area (Å²) in [4.78, 5) is 0. The average molecular weight is 297 g/mol. The molecule has 0 spiro atoms. The van der Waals surface area contributed by atoms with Crippen LogP contribution < -0.4 is 10.5 Å². The smallest absolute Gasteiger partial charge is 0.169 e. The van der Waals surface area contributed by atoms with Gasteiger partial charge >= 0.3 is 0 Å². The molecule has 84 valence electrons. The van der Waals surface area contributed by atoms with Crippen molar-refractivity contribution in [1.82, 2.24) is 0 Å². The van der Waals surface area contributed by atoms with E-state index < -0.39 is 0 Å². The van der Waals surface area contributed by atoms with Gasteiger partial charge in [-0.15, -0.1) is 12.4 Å². The first-order valence-corrected chi connectivity index (χ1v) is 5.26. The van der Waals surface area contributed by atoms with Crippen LogP contribution in [0.25, 0.3) is 0 Å². The molecule has 0 atom stereocenters. The van der Waals surface area contributed by atoms with Gasteiger partial charge in [-0.05, 0) is 40.9 Å². The van der Waals surface area contributed by atoms with Crippen LogP contribution in [-0.2, 0) is 0 Å². The zero-order valence-electron chi connectivity index (χ0n) is 8.00. The van der Waals surface area contributed by atoms with E-state index in [1.54, 1.807) is 12.1 Å². The van der Waals surface area contributed by atoms with E-state index in [1.165, 1.54) is 6.07 Å². The summed E-state index contributed by atoms with van der Waals surface area (Å²) >= 11 is 3.23. The maximum Gasteiger partial charge on any atom is 0.169 e. The highest BCUT2D eigenvalue weighted by Crippen LogP contribution is 2.34. The van der Waals surface area contributed by atoms with Gasteiger partial charge in [-0.3, -0.25) is 0 Å². The van der Waals surface area contributed by atoms with Crippen LogP contribution in [0.4, 0.5) is 4.39 Å². The summed E-state index contributed by atoms with van der Waals surface area (Å²) in [6.07, 6.45) is 1.91. The highest BCUT2D eigenvalue weighted by molar-refractivity contribution is 9.10. The van der Waals surface area contributed by atoms with Crippen LogP contribution in [0.3, 0.4) is 0 Å². The van der Waals surface area contributed by atoms with Crippen molar-refractivity contribution in [2.75, 3.05) is 6.61 Å². The number of halogens is 3. The van der Waals surface area contributed by atoms with Gasteiger partial charge < -0.3 is 10.5 Å². The first-order chi connectivity index (χ1) is 6.61. The van der Waals surface area contributed by atoms with Gasteiger partial charge in [0.1, 0.15) is 6.61 Å². The van der Waals surface area contributed by atoms with Gasteiger partial charge in [-0.2, -0.15) is 0 Å². The lowest BCUT2D eigenvalue weighted by atomic mass is 10.3. The van der Waals surface area contributed by atoms with Gasteiger partial charge in [0, 0.05) is 0 Å². The molecule has 0 radical (unpaired) electrons.